The summed E-state index contributed by atoms with van der Waals surface area (Å²) in [6.45, 7) is 10.3. The van der Waals surface area contributed by atoms with E-state index in [1.165, 1.54) is 0 Å². The van der Waals surface area contributed by atoms with Gasteiger partial charge < -0.3 is 10.5 Å². The first-order valence-corrected chi connectivity index (χ1v) is 7.52. The molecule has 2 rings (SSSR count). The summed E-state index contributed by atoms with van der Waals surface area (Å²) in [5.41, 5.74) is 7.74. The summed E-state index contributed by atoms with van der Waals surface area (Å²) < 4.78 is 5.88. The molecule has 0 saturated heterocycles. The Labute approximate surface area is 126 Å². The third kappa shape index (κ3) is 3.64. The SMILES string of the molecule is CC(C)N(CCOc1ccc2ncccc2c1N)C(C)C. The van der Waals surface area contributed by atoms with E-state index in [9.17, 15) is 0 Å². The number of ether oxygens (including phenoxy) is 1. The molecule has 0 unspecified atom stereocenters. The molecule has 4 nitrogen and oxygen atoms in total. The lowest BCUT2D eigenvalue weighted by Gasteiger charge is -2.30. The van der Waals surface area contributed by atoms with Gasteiger partial charge in [0.25, 0.3) is 0 Å². The van der Waals surface area contributed by atoms with Gasteiger partial charge in [-0.2, -0.15) is 0 Å². The summed E-state index contributed by atoms with van der Waals surface area (Å²) in [4.78, 5) is 6.70. The highest BCUT2D eigenvalue weighted by molar-refractivity contribution is 5.93. The van der Waals surface area contributed by atoms with Gasteiger partial charge in [0.2, 0.25) is 0 Å². The third-order valence-electron chi connectivity index (χ3n) is 3.72. The van der Waals surface area contributed by atoms with Crippen molar-refractivity contribution in [3.63, 3.8) is 0 Å². The number of pyridine rings is 1. The van der Waals surface area contributed by atoms with E-state index < -0.39 is 0 Å². The number of fused-ring (bicyclic) bond motifs is 1. The molecule has 0 spiro atoms. The van der Waals surface area contributed by atoms with Gasteiger partial charge in [-0.25, -0.2) is 0 Å². The lowest BCUT2D eigenvalue weighted by molar-refractivity contribution is 0.142. The number of nitrogen functional groups attached to an aromatic ring is 1. The lowest BCUT2D eigenvalue weighted by Crippen LogP contribution is -2.39. The van der Waals surface area contributed by atoms with E-state index in [4.69, 9.17) is 10.5 Å². The van der Waals surface area contributed by atoms with Gasteiger partial charge in [-0.3, -0.25) is 9.88 Å². The molecule has 0 atom stereocenters. The van der Waals surface area contributed by atoms with Crippen molar-refractivity contribution in [1.29, 1.82) is 0 Å². The second kappa shape index (κ2) is 6.76. The molecule has 1 aromatic heterocycles. The molecule has 114 valence electrons. The van der Waals surface area contributed by atoms with E-state index in [0.717, 1.165) is 23.2 Å². The number of aromatic nitrogens is 1. The van der Waals surface area contributed by atoms with Crippen molar-refractivity contribution in [3.8, 4) is 5.75 Å². The normalized spacial score (nSPS) is 11.8. The van der Waals surface area contributed by atoms with Crippen LogP contribution in [0.5, 0.6) is 5.75 Å². The molecule has 0 aliphatic carbocycles. The van der Waals surface area contributed by atoms with Crippen molar-refractivity contribution in [2.24, 2.45) is 0 Å². The van der Waals surface area contributed by atoms with Crippen molar-refractivity contribution in [1.82, 2.24) is 9.88 Å². The molecular weight excluding hydrogens is 262 g/mol. The van der Waals surface area contributed by atoms with Crippen LogP contribution in [0.3, 0.4) is 0 Å². The van der Waals surface area contributed by atoms with Crippen molar-refractivity contribution in [2.75, 3.05) is 18.9 Å². The average Bonchev–Trinajstić information content (AvgIpc) is 2.45. The topological polar surface area (TPSA) is 51.4 Å². The van der Waals surface area contributed by atoms with Gasteiger partial charge in [0.1, 0.15) is 12.4 Å². The fraction of sp³-hybridized carbons (Fsp3) is 0.471. The van der Waals surface area contributed by atoms with Gasteiger partial charge >= 0.3 is 0 Å². The summed E-state index contributed by atoms with van der Waals surface area (Å²) in [5, 5.41) is 0.944. The van der Waals surface area contributed by atoms with Crippen LogP contribution in [0.1, 0.15) is 27.7 Å². The van der Waals surface area contributed by atoms with Crippen LogP contribution in [0.25, 0.3) is 10.9 Å². The zero-order valence-corrected chi connectivity index (χ0v) is 13.3. The van der Waals surface area contributed by atoms with Gasteiger partial charge in [0, 0.05) is 30.2 Å². The van der Waals surface area contributed by atoms with Gasteiger partial charge in [-0.05, 0) is 52.0 Å². The zero-order chi connectivity index (χ0) is 15.4. The van der Waals surface area contributed by atoms with Crippen molar-refractivity contribution < 1.29 is 4.74 Å². The quantitative estimate of drug-likeness (QED) is 0.828. The van der Waals surface area contributed by atoms with Crippen LogP contribution < -0.4 is 10.5 Å². The fourth-order valence-corrected chi connectivity index (χ4v) is 2.65. The molecule has 2 aromatic rings. The minimum absolute atomic E-state index is 0.506. The van der Waals surface area contributed by atoms with Crippen LogP contribution in [0, 0.1) is 0 Å². The van der Waals surface area contributed by atoms with E-state index >= 15 is 0 Å². The largest absolute Gasteiger partial charge is 0.490 e. The zero-order valence-electron chi connectivity index (χ0n) is 13.3. The Balaban J connectivity index is 2.05. The molecule has 0 radical (unpaired) electrons. The highest BCUT2D eigenvalue weighted by atomic mass is 16.5. The summed E-state index contributed by atoms with van der Waals surface area (Å²) in [6.07, 6.45) is 1.77. The molecule has 0 amide bonds. The van der Waals surface area contributed by atoms with Crippen LogP contribution >= 0.6 is 0 Å². The van der Waals surface area contributed by atoms with Crippen LogP contribution in [0.4, 0.5) is 5.69 Å². The maximum atomic E-state index is 6.18. The minimum atomic E-state index is 0.506. The Morgan fingerprint density at radius 1 is 1.14 bits per heavy atom. The molecule has 0 bridgehead atoms. The molecule has 0 fully saturated rings. The Bertz CT molecular complexity index is 588. The second-order valence-electron chi connectivity index (χ2n) is 5.82. The first-order chi connectivity index (χ1) is 10.0. The van der Waals surface area contributed by atoms with Gasteiger partial charge in [-0.1, -0.05) is 0 Å². The van der Waals surface area contributed by atoms with Gasteiger partial charge in [0.15, 0.2) is 0 Å². The average molecular weight is 287 g/mol. The van der Waals surface area contributed by atoms with Crippen LogP contribution in [-0.2, 0) is 0 Å². The highest BCUT2D eigenvalue weighted by Gasteiger charge is 2.13. The number of benzene rings is 1. The maximum absolute atomic E-state index is 6.18. The fourth-order valence-electron chi connectivity index (χ4n) is 2.65. The molecule has 0 aliphatic rings. The molecule has 1 aromatic carbocycles. The molecule has 0 aliphatic heterocycles. The van der Waals surface area contributed by atoms with Crippen molar-refractivity contribution in [2.45, 2.75) is 39.8 Å². The number of rotatable bonds is 6. The predicted molar refractivity (Wildman–Crippen MR) is 88.6 cm³/mol. The summed E-state index contributed by atoms with van der Waals surface area (Å²) in [5.74, 6) is 0.739. The number of hydrogen-bond donors (Lipinski definition) is 1. The highest BCUT2D eigenvalue weighted by Crippen LogP contribution is 2.29. The Morgan fingerprint density at radius 2 is 1.86 bits per heavy atom. The van der Waals surface area contributed by atoms with Gasteiger partial charge in [-0.15, -0.1) is 0 Å². The van der Waals surface area contributed by atoms with Gasteiger partial charge in [0.05, 0.1) is 11.2 Å². The minimum Gasteiger partial charge on any atom is -0.490 e. The third-order valence-corrected chi connectivity index (χ3v) is 3.72. The molecule has 0 saturated carbocycles. The Kier molecular flexibility index (Phi) is 5.02. The van der Waals surface area contributed by atoms with Crippen molar-refractivity contribution in [3.05, 3.63) is 30.5 Å². The monoisotopic (exact) mass is 287 g/mol. The lowest BCUT2D eigenvalue weighted by atomic mass is 10.1. The first kappa shape index (κ1) is 15.6. The number of nitrogens with two attached hydrogens (primary N) is 1. The van der Waals surface area contributed by atoms with E-state index in [-0.39, 0.29) is 0 Å². The number of hydrogen-bond acceptors (Lipinski definition) is 4. The van der Waals surface area contributed by atoms with Crippen LogP contribution in [-0.4, -0.2) is 35.1 Å². The molecule has 4 heteroatoms. The van der Waals surface area contributed by atoms with Crippen molar-refractivity contribution >= 4 is 16.6 Å². The second-order valence-corrected chi connectivity index (χ2v) is 5.82. The predicted octanol–water partition coefficient (Wildman–Crippen LogP) is 3.31. The van der Waals surface area contributed by atoms with E-state index in [1.54, 1.807) is 6.20 Å². The summed E-state index contributed by atoms with van der Waals surface area (Å²) in [6, 6.07) is 8.73. The Morgan fingerprint density at radius 3 is 2.52 bits per heavy atom. The summed E-state index contributed by atoms with van der Waals surface area (Å²) >= 11 is 0. The van der Waals surface area contributed by atoms with E-state index in [1.807, 2.05) is 24.3 Å². The van der Waals surface area contributed by atoms with E-state index in [0.29, 0.717) is 24.4 Å². The maximum Gasteiger partial charge on any atom is 0.143 e. The first-order valence-electron chi connectivity index (χ1n) is 7.52. The molecule has 21 heavy (non-hydrogen) atoms. The number of anilines is 1. The van der Waals surface area contributed by atoms with E-state index in [2.05, 4.69) is 37.6 Å². The molecule has 2 N–H and O–H groups in total. The summed E-state index contributed by atoms with van der Waals surface area (Å²) in [7, 11) is 0. The molecular formula is C17H25N3O. The molecule has 1 heterocycles. The number of nitrogens with zero attached hydrogens (tertiary/aromatic N) is 2. The smallest absolute Gasteiger partial charge is 0.143 e. The van der Waals surface area contributed by atoms with Crippen LogP contribution in [0.2, 0.25) is 0 Å². The van der Waals surface area contributed by atoms with Crippen LogP contribution in [0.15, 0.2) is 30.5 Å². The standard InChI is InChI=1S/C17H25N3O/c1-12(2)20(13(3)4)10-11-21-16-8-7-15-14(17(16)18)6-5-9-19-15/h5-9,12-13H,10-11,18H2,1-4H3. The Hall–Kier alpha value is -1.81.